The Hall–Kier alpha value is -1.74. The molecule has 4 nitrogen and oxygen atoms in total. The van der Waals surface area contributed by atoms with Gasteiger partial charge in [-0.15, -0.1) is 0 Å². The van der Waals surface area contributed by atoms with Crippen LogP contribution < -0.4 is 5.73 Å². The van der Waals surface area contributed by atoms with Crippen molar-refractivity contribution in [2.24, 2.45) is 0 Å². The van der Waals surface area contributed by atoms with Crippen LogP contribution in [0.5, 0.6) is 0 Å². The highest BCUT2D eigenvalue weighted by atomic mass is 35.5. The fraction of sp³-hybridized carbons (Fsp3) is 0.125. The molecule has 0 saturated heterocycles. The quantitative estimate of drug-likeness (QED) is 0.788. The number of halogens is 3. The lowest BCUT2D eigenvalue weighted by Gasteiger charge is -2.07. The van der Waals surface area contributed by atoms with Crippen LogP contribution in [0.1, 0.15) is 28.0 Å². The normalized spacial score (nSPS) is 10.1. The van der Waals surface area contributed by atoms with Gasteiger partial charge in [0.15, 0.2) is 5.69 Å². The van der Waals surface area contributed by atoms with E-state index in [0.717, 1.165) is 6.20 Å². The van der Waals surface area contributed by atoms with Crippen LogP contribution in [0.3, 0.4) is 0 Å². The number of rotatable bonds is 2. The summed E-state index contributed by atoms with van der Waals surface area (Å²) in [5.74, 6) is 0. The van der Waals surface area contributed by atoms with Crippen molar-refractivity contribution < 1.29 is 13.6 Å². The predicted octanol–water partition coefficient (Wildman–Crippen LogP) is 1.85. The average molecular weight is 232 g/mol. The molecule has 1 aromatic rings. The van der Waals surface area contributed by atoms with Crippen LogP contribution in [0.4, 0.5) is 14.5 Å². The number of alkyl halides is 2. The molecule has 0 fully saturated rings. The number of nitrogen functional groups attached to an aromatic ring is 1. The van der Waals surface area contributed by atoms with E-state index in [-0.39, 0.29) is 5.69 Å². The van der Waals surface area contributed by atoms with E-state index >= 15 is 0 Å². The number of carbonyl (C=O) groups is 1. The lowest BCUT2D eigenvalue weighted by molar-refractivity contribution is 0.106. The van der Waals surface area contributed by atoms with Crippen LogP contribution in [0, 0.1) is 11.3 Å². The second-order valence-corrected chi connectivity index (χ2v) is 2.88. The van der Waals surface area contributed by atoms with Crippen LogP contribution in [0.15, 0.2) is 6.20 Å². The molecule has 0 unspecified atom stereocenters. The topological polar surface area (TPSA) is 79.8 Å². The molecule has 2 N–H and O–H groups in total. The van der Waals surface area contributed by atoms with Gasteiger partial charge < -0.3 is 5.73 Å². The Morgan fingerprint density at radius 1 is 1.67 bits per heavy atom. The number of hydrogen-bond donors (Lipinski definition) is 1. The molecule has 1 heterocycles. The van der Waals surface area contributed by atoms with Gasteiger partial charge in [0.25, 0.3) is 11.7 Å². The molecular formula is C8H4ClF2N3O. The van der Waals surface area contributed by atoms with Crippen LogP contribution in [-0.4, -0.2) is 10.2 Å². The largest absolute Gasteiger partial charge is 0.396 e. The summed E-state index contributed by atoms with van der Waals surface area (Å²) >= 11 is 5.10. The van der Waals surface area contributed by atoms with Gasteiger partial charge in [0.1, 0.15) is 6.07 Å². The highest BCUT2D eigenvalue weighted by Crippen LogP contribution is 2.28. The van der Waals surface area contributed by atoms with Crippen LogP contribution in [-0.2, 0) is 0 Å². The molecule has 0 atom stereocenters. The number of carbonyl (C=O) groups excluding carboxylic acids is 1. The van der Waals surface area contributed by atoms with Crippen molar-refractivity contribution in [3.05, 3.63) is 23.0 Å². The minimum absolute atomic E-state index is 0.302. The predicted molar refractivity (Wildman–Crippen MR) is 48.5 cm³/mol. The Labute approximate surface area is 88.3 Å². The van der Waals surface area contributed by atoms with Crippen molar-refractivity contribution in [1.82, 2.24) is 4.98 Å². The van der Waals surface area contributed by atoms with Gasteiger partial charge in [0, 0.05) is 6.20 Å². The molecule has 0 spiro atoms. The van der Waals surface area contributed by atoms with Crippen LogP contribution in [0.2, 0.25) is 0 Å². The first kappa shape index (κ1) is 11.3. The first-order valence-electron chi connectivity index (χ1n) is 3.65. The number of aromatic nitrogens is 1. The third-order valence-electron chi connectivity index (χ3n) is 1.68. The standard InChI is InChI=1S/C8H4ClF2N3O/c9-7(15)5-3(8(10)11)2-14-4(1-12)6(5)13/h2,8H,13H2. The maximum absolute atomic E-state index is 12.4. The fourth-order valence-electron chi connectivity index (χ4n) is 1.02. The molecular weight excluding hydrogens is 228 g/mol. The van der Waals surface area contributed by atoms with E-state index in [1.807, 2.05) is 0 Å². The molecule has 78 valence electrons. The Kier molecular flexibility index (Phi) is 3.17. The van der Waals surface area contributed by atoms with Gasteiger partial charge in [-0.05, 0) is 11.6 Å². The van der Waals surface area contributed by atoms with Crippen LogP contribution >= 0.6 is 11.6 Å². The third-order valence-corrected chi connectivity index (χ3v) is 1.87. The van der Waals surface area contributed by atoms with E-state index in [1.165, 1.54) is 0 Å². The first-order chi connectivity index (χ1) is 6.99. The number of hydrogen-bond acceptors (Lipinski definition) is 4. The summed E-state index contributed by atoms with van der Waals surface area (Å²) in [6.07, 6.45) is -2.21. The molecule has 0 aromatic carbocycles. The second kappa shape index (κ2) is 4.19. The summed E-state index contributed by atoms with van der Waals surface area (Å²) in [7, 11) is 0. The van der Waals surface area contributed by atoms with Gasteiger partial charge in [-0.2, -0.15) is 5.26 Å². The van der Waals surface area contributed by atoms with E-state index in [1.54, 1.807) is 6.07 Å². The molecule has 7 heteroatoms. The number of pyridine rings is 1. The monoisotopic (exact) mass is 231 g/mol. The summed E-state index contributed by atoms with van der Waals surface area (Å²) in [5, 5.41) is 7.38. The Bertz CT molecular complexity index is 456. The van der Waals surface area contributed by atoms with Crippen molar-refractivity contribution in [2.75, 3.05) is 5.73 Å². The zero-order valence-corrected chi connectivity index (χ0v) is 7.92. The summed E-state index contributed by atoms with van der Waals surface area (Å²) in [6, 6.07) is 1.56. The number of nitrogens with zero attached hydrogens (tertiary/aromatic N) is 2. The van der Waals surface area contributed by atoms with E-state index in [9.17, 15) is 13.6 Å². The molecule has 0 aliphatic heterocycles. The smallest absolute Gasteiger partial charge is 0.266 e. The number of anilines is 1. The van der Waals surface area contributed by atoms with Gasteiger partial charge >= 0.3 is 0 Å². The van der Waals surface area contributed by atoms with E-state index in [2.05, 4.69) is 4.98 Å². The lowest BCUT2D eigenvalue weighted by Crippen LogP contribution is -2.07. The molecule has 1 rings (SSSR count). The lowest BCUT2D eigenvalue weighted by atomic mass is 10.1. The fourth-order valence-corrected chi connectivity index (χ4v) is 1.23. The van der Waals surface area contributed by atoms with Gasteiger partial charge in [0.2, 0.25) is 0 Å². The Balaban J connectivity index is 3.53. The Morgan fingerprint density at radius 3 is 2.67 bits per heavy atom. The Morgan fingerprint density at radius 2 is 2.27 bits per heavy atom. The van der Waals surface area contributed by atoms with Gasteiger partial charge in [-0.1, -0.05) is 0 Å². The molecule has 15 heavy (non-hydrogen) atoms. The zero-order chi connectivity index (χ0) is 11.6. The molecule has 0 saturated carbocycles. The SMILES string of the molecule is N#Cc1ncc(C(F)F)c(C(=O)Cl)c1N. The summed E-state index contributed by atoms with van der Waals surface area (Å²) in [4.78, 5) is 14.3. The highest BCUT2D eigenvalue weighted by Gasteiger charge is 2.22. The van der Waals surface area contributed by atoms with E-state index < -0.39 is 28.5 Å². The molecule has 1 aromatic heterocycles. The number of nitriles is 1. The third kappa shape index (κ3) is 2.02. The average Bonchev–Trinajstić information content (AvgIpc) is 2.16. The van der Waals surface area contributed by atoms with Crippen molar-refractivity contribution in [3.63, 3.8) is 0 Å². The molecule has 0 aliphatic rings. The highest BCUT2D eigenvalue weighted by molar-refractivity contribution is 6.68. The number of nitrogens with two attached hydrogens (primary N) is 1. The minimum atomic E-state index is -2.93. The molecule has 0 bridgehead atoms. The molecule has 0 radical (unpaired) electrons. The zero-order valence-electron chi connectivity index (χ0n) is 7.17. The van der Waals surface area contributed by atoms with Gasteiger partial charge in [0.05, 0.1) is 16.8 Å². The van der Waals surface area contributed by atoms with Crippen molar-refractivity contribution in [2.45, 2.75) is 6.43 Å². The molecule has 0 aliphatic carbocycles. The van der Waals surface area contributed by atoms with Gasteiger partial charge in [-0.25, -0.2) is 13.8 Å². The van der Waals surface area contributed by atoms with Crippen LogP contribution in [0.25, 0.3) is 0 Å². The first-order valence-corrected chi connectivity index (χ1v) is 4.03. The second-order valence-electron chi connectivity index (χ2n) is 2.54. The summed E-state index contributed by atoms with van der Waals surface area (Å²) < 4.78 is 24.8. The minimum Gasteiger partial charge on any atom is -0.396 e. The molecule has 0 amide bonds. The summed E-state index contributed by atoms with van der Waals surface area (Å²) in [6.45, 7) is 0. The maximum atomic E-state index is 12.4. The van der Waals surface area contributed by atoms with Gasteiger partial charge in [-0.3, -0.25) is 4.79 Å². The van der Waals surface area contributed by atoms with Crippen molar-refractivity contribution in [1.29, 1.82) is 5.26 Å². The van der Waals surface area contributed by atoms with Crippen molar-refractivity contribution >= 4 is 22.5 Å². The maximum Gasteiger partial charge on any atom is 0.266 e. The van der Waals surface area contributed by atoms with Crippen molar-refractivity contribution in [3.8, 4) is 6.07 Å². The summed E-state index contributed by atoms with van der Waals surface area (Å²) in [5.41, 5.74) is 3.35. The van der Waals surface area contributed by atoms with E-state index in [0.29, 0.717) is 0 Å². The van der Waals surface area contributed by atoms with E-state index in [4.69, 9.17) is 22.6 Å².